The van der Waals surface area contributed by atoms with Crippen LogP contribution in [-0.2, 0) is 11.2 Å². The maximum Gasteiger partial charge on any atom is 0.137 e. The summed E-state index contributed by atoms with van der Waals surface area (Å²) >= 11 is 0. The van der Waals surface area contributed by atoms with Gasteiger partial charge in [-0.3, -0.25) is 0 Å². The Balaban J connectivity index is 2.59. The summed E-state index contributed by atoms with van der Waals surface area (Å²) in [6.07, 6.45) is 1.64. The number of benzene rings is 1. The van der Waals surface area contributed by atoms with Crippen molar-refractivity contribution < 1.29 is 9.53 Å². The van der Waals surface area contributed by atoms with Crippen molar-refractivity contribution in [1.29, 1.82) is 0 Å². The summed E-state index contributed by atoms with van der Waals surface area (Å²) in [5.41, 5.74) is 1.13. The Morgan fingerprint density at radius 2 is 2.07 bits per heavy atom. The Morgan fingerprint density at radius 3 is 2.53 bits per heavy atom. The second-order valence-corrected chi connectivity index (χ2v) is 3.31. The molecule has 0 aliphatic heterocycles. The molecule has 1 N–H and O–H groups in total. The van der Waals surface area contributed by atoms with Crippen LogP contribution in [0.15, 0.2) is 24.3 Å². The van der Waals surface area contributed by atoms with Crippen molar-refractivity contribution in [1.82, 2.24) is 5.32 Å². The van der Waals surface area contributed by atoms with Gasteiger partial charge in [-0.2, -0.15) is 0 Å². The molecule has 3 nitrogen and oxygen atoms in total. The number of hydrogen-bond donors (Lipinski definition) is 1. The first-order valence-electron chi connectivity index (χ1n) is 5.14. The molecule has 0 aliphatic carbocycles. The summed E-state index contributed by atoms with van der Waals surface area (Å²) in [7, 11) is 1.79. The Labute approximate surface area is 90.4 Å². The van der Waals surface area contributed by atoms with Crippen LogP contribution in [-0.4, -0.2) is 26.0 Å². The molecule has 0 aliphatic rings. The predicted octanol–water partition coefficient (Wildman–Crippen LogP) is 1.41. The van der Waals surface area contributed by atoms with E-state index >= 15 is 0 Å². The average Bonchev–Trinajstić information content (AvgIpc) is 2.28. The zero-order valence-corrected chi connectivity index (χ0v) is 9.19. The van der Waals surface area contributed by atoms with Gasteiger partial charge in [0.1, 0.15) is 12.0 Å². The molecule has 0 fully saturated rings. The molecule has 1 atom stereocenters. The molecule has 82 valence electrons. The second-order valence-electron chi connectivity index (χ2n) is 3.31. The molecule has 1 aromatic carbocycles. The second kappa shape index (κ2) is 6.19. The van der Waals surface area contributed by atoms with Crippen LogP contribution in [0.4, 0.5) is 0 Å². The zero-order valence-electron chi connectivity index (χ0n) is 9.19. The van der Waals surface area contributed by atoms with E-state index in [2.05, 4.69) is 5.32 Å². The van der Waals surface area contributed by atoms with Gasteiger partial charge >= 0.3 is 0 Å². The van der Waals surface area contributed by atoms with Gasteiger partial charge in [-0.15, -0.1) is 0 Å². The lowest BCUT2D eigenvalue weighted by atomic mass is 10.1. The van der Waals surface area contributed by atoms with E-state index in [9.17, 15) is 4.79 Å². The van der Waals surface area contributed by atoms with E-state index in [0.717, 1.165) is 17.6 Å². The smallest absolute Gasteiger partial charge is 0.137 e. The summed E-state index contributed by atoms with van der Waals surface area (Å²) in [6.45, 7) is 2.63. The monoisotopic (exact) mass is 207 g/mol. The lowest BCUT2D eigenvalue weighted by molar-refractivity contribution is -0.109. The van der Waals surface area contributed by atoms with Crippen LogP contribution in [0.2, 0.25) is 0 Å². The van der Waals surface area contributed by atoms with E-state index in [4.69, 9.17) is 4.74 Å². The van der Waals surface area contributed by atoms with Gasteiger partial charge in [-0.05, 0) is 38.1 Å². The molecule has 0 radical (unpaired) electrons. The SMILES string of the molecule is CCOc1ccc(C[C@H](C=O)NC)cc1. The highest BCUT2D eigenvalue weighted by Gasteiger charge is 2.04. The third kappa shape index (κ3) is 3.72. The summed E-state index contributed by atoms with van der Waals surface area (Å²) in [5, 5.41) is 2.94. The fourth-order valence-electron chi connectivity index (χ4n) is 1.36. The van der Waals surface area contributed by atoms with Gasteiger partial charge in [0, 0.05) is 0 Å². The fraction of sp³-hybridized carbons (Fsp3) is 0.417. The highest BCUT2D eigenvalue weighted by molar-refractivity contribution is 5.58. The minimum Gasteiger partial charge on any atom is -0.494 e. The van der Waals surface area contributed by atoms with Crippen LogP contribution in [0, 0.1) is 0 Å². The summed E-state index contributed by atoms with van der Waals surface area (Å²) < 4.78 is 5.33. The molecule has 0 saturated heterocycles. The van der Waals surface area contributed by atoms with Gasteiger partial charge in [-0.1, -0.05) is 12.1 Å². The molecule has 1 aromatic rings. The standard InChI is InChI=1S/C12H17NO2/c1-3-15-12-6-4-10(5-7-12)8-11(9-14)13-2/h4-7,9,11,13H,3,8H2,1-2H3/t11-/m1/s1. The lowest BCUT2D eigenvalue weighted by Crippen LogP contribution is -2.28. The topological polar surface area (TPSA) is 38.3 Å². The zero-order chi connectivity index (χ0) is 11.1. The van der Waals surface area contributed by atoms with Crippen LogP contribution in [0.5, 0.6) is 5.75 Å². The average molecular weight is 207 g/mol. The molecule has 0 bridgehead atoms. The van der Waals surface area contributed by atoms with Gasteiger partial charge in [0.05, 0.1) is 12.6 Å². The van der Waals surface area contributed by atoms with Crippen LogP contribution in [0.25, 0.3) is 0 Å². The normalized spacial score (nSPS) is 12.1. The van der Waals surface area contributed by atoms with Crippen LogP contribution in [0.1, 0.15) is 12.5 Å². The highest BCUT2D eigenvalue weighted by Crippen LogP contribution is 2.12. The third-order valence-corrected chi connectivity index (χ3v) is 2.23. The van der Waals surface area contributed by atoms with Gasteiger partial charge < -0.3 is 14.8 Å². The van der Waals surface area contributed by atoms with Crippen molar-refractivity contribution in [3.8, 4) is 5.75 Å². The maximum atomic E-state index is 10.6. The van der Waals surface area contributed by atoms with Crippen LogP contribution in [0.3, 0.4) is 0 Å². The first-order valence-corrected chi connectivity index (χ1v) is 5.14. The molecule has 0 saturated carbocycles. The predicted molar refractivity (Wildman–Crippen MR) is 60.2 cm³/mol. The number of hydrogen-bond acceptors (Lipinski definition) is 3. The largest absolute Gasteiger partial charge is 0.494 e. The molecule has 0 heterocycles. The molecular formula is C12H17NO2. The number of rotatable bonds is 6. The van der Waals surface area contributed by atoms with E-state index in [-0.39, 0.29) is 6.04 Å². The van der Waals surface area contributed by atoms with E-state index < -0.39 is 0 Å². The molecule has 0 unspecified atom stereocenters. The fourth-order valence-corrected chi connectivity index (χ4v) is 1.36. The summed E-state index contributed by atoms with van der Waals surface area (Å²) in [6, 6.07) is 7.72. The summed E-state index contributed by atoms with van der Waals surface area (Å²) in [5.74, 6) is 0.869. The summed E-state index contributed by atoms with van der Waals surface area (Å²) in [4.78, 5) is 10.6. The Bertz CT molecular complexity index is 295. The first-order chi connectivity index (χ1) is 7.30. The van der Waals surface area contributed by atoms with Crippen molar-refractivity contribution in [3.05, 3.63) is 29.8 Å². The molecule has 1 rings (SSSR count). The van der Waals surface area contributed by atoms with Crippen molar-refractivity contribution in [2.75, 3.05) is 13.7 Å². The van der Waals surface area contributed by atoms with Crippen molar-refractivity contribution in [2.45, 2.75) is 19.4 Å². The number of likely N-dealkylation sites (N-methyl/N-ethyl adjacent to an activating group) is 1. The maximum absolute atomic E-state index is 10.6. The number of carbonyl (C=O) groups excluding carboxylic acids is 1. The highest BCUT2D eigenvalue weighted by atomic mass is 16.5. The number of ether oxygens (including phenoxy) is 1. The first kappa shape index (κ1) is 11.7. The number of carbonyl (C=O) groups is 1. The minimum absolute atomic E-state index is 0.108. The molecular weight excluding hydrogens is 190 g/mol. The van der Waals surface area contributed by atoms with Crippen molar-refractivity contribution in [3.63, 3.8) is 0 Å². The molecule has 3 heteroatoms. The number of nitrogens with one attached hydrogen (secondary N) is 1. The molecule has 0 amide bonds. The van der Waals surface area contributed by atoms with Crippen molar-refractivity contribution >= 4 is 6.29 Å². The Kier molecular flexibility index (Phi) is 4.84. The Hall–Kier alpha value is -1.35. The Morgan fingerprint density at radius 1 is 1.40 bits per heavy atom. The van der Waals surface area contributed by atoms with Crippen LogP contribution >= 0.6 is 0 Å². The van der Waals surface area contributed by atoms with E-state index in [0.29, 0.717) is 13.0 Å². The van der Waals surface area contributed by atoms with E-state index in [1.807, 2.05) is 31.2 Å². The van der Waals surface area contributed by atoms with Gasteiger partial charge in [0.15, 0.2) is 0 Å². The lowest BCUT2D eigenvalue weighted by Gasteiger charge is -2.09. The number of aldehydes is 1. The van der Waals surface area contributed by atoms with Gasteiger partial charge in [0.2, 0.25) is 0 Å². The van der Waals surface area contributed by atoms with Crippen molar-refractivity contribution in [2.24, 2.45) is 0 Å². The van der Waals surface area contributed by atoms with Gasteiger partial charge in [-0.25, -0.2) is 0 Å². The van der Waals surface area contributed by atoms with Crippen LogP contribution < -0.4 is 10.1 Å². The minimum atomic E-state index is -0.108. The van der Waals surface area contributed by atoms with E-state index in [1.54, 1.807) is 7.05 Å². The quantitative estimate of drug-likeness (QED) is 0.717. The third-order valence-electron chi connectivity index (χ3n) is 2.23. The van der Waals surface area contributed by atoms with Gasteiger partial charge in [0.25, 0.3) is 0 Å². The molecule has 0 aromatic heterocycles. The molecule has 15 heavy (non-hydrogen) atoms. The van der Waals surface area contributed by atoms with E-state index in [1.165, 1.54) is 0 Å². The molecule has 0 spiro atoms.